The van der Waals surface area contributed by atoms with Crippen LogP contribution in [0.3, 0.4) is 0 Å². The number of amides is 1. The fraction of sp³-hybridized carbons (Fsp3) is 0.667. The van der Waals surface area contributed by atoms with E-state index in [2.05, 4.69) is 26.6 Å². The predicted octanol–water partition coefficient (Wildman–Crippen LogP) is 2.33. The van der Waals surface area contributed by atoms with Crippen molar-refractivity contribution in [2.45, 2.75) is 44.3 Å². The van der Waals surface area contributed by atoms with Crippen LogP contribution in [0.15, 0.2) is 16.8 Å². The minimum atomic E-state index is 0.400. The van der Waals surface area contributed by atoms with E-state index >= 15 is 0 Å². The number of hydrogen-bond donors (Lipinski definition) is 0. The smallest absolute Gasteiger partial charge is 0.224 e. The Morgan fingerprint density at radius 1 is 1.26 bits per heavy atom. The topological polar surface area (TPSA) is 23.6 Å². The van der Waals surface area contributed by atoms with E-state index < -0.39 is 0 Å². The number of likely N-dealkylation sites (tertiary alicyclic amines) is 2. The van der Waals surface area contributed by atoms with E-state index in [1.807, 2.05) is 0 Å². The van der Waals surface area contributed by atoms with Gasteiger partial charge >= 0.3 is 0 Å². The summed E-state index contributed by atoms with van der Waals surface area (Å²) in [6, 6.07) is 3.19. The van der Waals surface area contributed by atoms with Crippen LogP contribution < -0.4 is 0 Å². The third-order valence-corrected chi connectivity index (χ3v) is 5.58. The maximum atomic E-state index is 12.2. The van der Waals surface area contributed by atoms with Crippen LogP contribution in [0.4, 0.5) is 0 Å². The lowest BCUT2D eigenvalue weighted by atomic mass is 10.1. The number of carbonyl (C=O) groups is 1. The van der Waals surface area contributed by atoms with Crippen LogP contribution in [-0.4, -0.2) is 40.9 Å². The van der Waals surface area contributed by atoms with Gasteiger partial charge in [0.25, 0.3) is 0 Å². The summed E-state index contributed by atoms with van der Waals surface area (Å²) in [6.45, 7) is 3.21. The first-order valence-electron chi connectivity index (χ1n) is 7.36. The molecule has 4 heteroatoms. The largest absolute Gasteiger partial charge is 0.338 e. The molecule has 19 heavy (non-hydrogen) atoms. The Morgan fingerprint density at radius 2 is 2.16 bits per heavy atom. The van der Waals surface area contributed by atoms with E-state index in [1.165, 1.54) is 24.8 Å². The number of rotatable bonds is 4. The van der Waals surface area contributed by atoms with Crippen molar-refractivity contribution in [3.63, 3.8) is 0 Å². The Morgan fingerprint density at radius 3 is 2.89 bits per heavy atom. The van der Waals surface area contributed by atoms with Crippen LogP contribution in [0, 0.1) is 5.92 Å². The molecule has 0 spiro atoms. The zero-order chi connectivity index (χ0) is 12.8. The van der Waals surface area contributed by atoms with Crippen LogP contribution in [0.1, 0.15) is 31.2 Å². The fourth-order valence-corrected chi connectivity index (χ4v) is 4.30. The molecule has 3 fully saturated rings. The van der Waals surface area contributed by atoms with Gasteiger partial charge in [-0.2, -0.15) is 11.3 Å². The molecule has 1 aromatic heterocycles. The van der Waals surface area contributed by atoms with E-state index in [-0.39, 0.29) is 0 Å². The maximum absolute atomic E-state index is 12.2. The average Bonchev–Trinajstić information content (AvgIpc) is 2.80. The van der Waals surface area contributed by atoms with Crippen molar-refractivity contribution in [3.05, 3.63) is 22.4 Å². The summed E-state index contributed by atoms with van der Waals surface area (Å²) < 4.78 is 0. The first kappa shape index (κ1) is 11.9. The minimum absolute atomic E-state index is 0.400. The van der Waals surface area contributed by atoms with Crippen LogP contribution in [0.2, 0.25) is 0 Å². The molecule has 4 rings (SSSR count). The number of nitrogens with zero attached hydrogens (tertiary/aromatic N) is 2. The van der Waals surface area contributed by atoms with Crippen molar-refractivity contribution in [2.24, 2.45) is 5.92 Å². The lowest BCUT2D eigenvalue weighted by Crippen LogP contribution is -2.38. The van der Waals surface area contributed by atoms with Gasteiger partial charge in [0.15, 0.2) is 0 Å². The molecule has 3 heterocycles. The van der Waals surface area contributed by atoms with Crippen molar-refractivity contribution >= 4 is 17.2 Å². The molecule has 0 radical (unpaired) electrons. The van der Waals surface area contributed by atoms with E-state index in [9.17, 15) is 4.79 Å². The second-order valence-corrected chi connectivity index (χ2v) is 7.00. The van der Waals surface area contributed by atoms with Crippen LogP contribution in [0.25, 0.3) is 0 Å². The molecule has 3 aliphatic rings. The molecule has 0 aromatic carbocycles. The fourth-order valence-electron chi connectivity index (χ4n) is 3.64. The molecule has 0 N–H and O–H groups in total. The van der Waals surface area contributed by atoms with Gasteiger partial charge in [0.1, 0.15) is 0 Å². The third-order valence-electron chi connectivity index (χ3n) is 4.85. The summed E-state index contributed by atoms with van der Waals surface area (Å²) in [7, 11) is 0. The highest BCUT2D eigenvalue weighted by Crippen LogP contribution is 2.37. The summed E-state index contributed by atoms with van der Waals surface area (Å²) in [4.78, 5) is 16.9. The Kier molecular flexibility index (Phi) is 2.88. The van der Waals surface area contributed by atoms with Crippen molar-refractivity contribution in [3.8, 4) is 0 Å². The van der Waals surface area contributed by atoms with E-state index in [1.54, 1.807) is 11.3 Å². The van der Waals surface area contributed by atoms with E-state index in [0.29, 0.717) is 18.0 Å². The molecular weight excluding hydrogens is 256 g/mol. The molecule has 3 nitrogen and oxygen atoms in total. The molecule has 102 valence electrons. The molecular formula is C15H20N2OS. The van der Waals surface area contributed by atoms with Crippen molar-refractivity contribution in [1.82, 2.24) is 9.80 Å². The average molecular weight is 276 g/mol. The molecule has 0 unspecified atom stereocenters. The lowest BCUT2D eigenvalue weighted by Gasteiger charge is -2.25. The first-order valence-corrected chi connectivity index (χ1v) is 8.30. The van der Waals surface area contributed by atoms with Gasteiger partial charge in [0.2, 0.25) is 5.91 Å². The monoisotopic (exact) mass is 276 g/mol. The summed E-state index contributed by atoms with van der Waals surface area (Å²) >= 11 is 1.76. The quantitative estimate of drug-likeness (QED) is 0.842. The Hall–Kier alpha value is -0.870. The van der Waals surface area contributed by atoms with Crippen molar-refractivity contribution in [2.75, 3.05) is 13.1 Å². The van der Waals surface area contributed by atoms with Crippen molar-refractivity contribution < 1.29 is 4.79 Å². The molecule has 1 aromatic rings. The second-order valence-electron chi connectivity index (χ2n) is 6.22. The van der Waals surface area contributed by atoms with Gasteiger partial charge in [-0.1, -0.05) is 0 Å². The van der Waals surface area contributed by atoms with E-state index in [4.69, 9.17) is 0 Å². The molecule has 1 saturated carbocycles. The Balaban J connectivity index is 1.45. The summed E-state index contributed by atoms with van der Waals surface area (Å²) in [5, 5.41) is 4.37. The zero-order valence-electron chi connectivity index (χ0n) is 11.1. The summed E-state index contributed by atoms with van der Waals surface area (Å²) in [5.41, 5.74) is 1.40. The molecule has 1 amide bonds. The molecule has 2 atom stereocenters. The normalized spacial score (nSPS) is 31.2. The lowest BCUT2D eigenvalue weighted by molar-refractivity contribution is -0.129. The van der Waals surface area contributed by atoms with Gasteiger partial charge in [-0.05, 0) is 47.6 Å². The molecule has 0 bridgehead atoms. The third kappa shape index (κ3) is 2.21. The van der Waals surface area contributed by atoms with Gasteiger partial charge in [0, 0.05) is 38.1 Å². The zero-order valence-corrected chi connectivity index (χ0v) is 11.9. The SMILES string of the molecule is O=C1C[C@H]2[C@H](CCN2Cc2ccsc2)N1CC1CC1. The highest BCUT2D eigenvalue weighted by atomic mass is 32.1. The number of carbonyl (C=O) groups excluding carboxylic acids is 1. The molecule has 2 saturated heterocycles. The Labute approximate surface area is 118 Å². The van der Waals surface area contributed by atoms with Crippen molar-refractivity contribution in [1.29, 1.82) is 0 Å². The molecule has 2 aliphatic heterocycles. The Bertz CT molecular complexity index is 468. The number of fused-ring (bicyclic) bond motifs is 1. The van der Waals surface area contributed by atoms with Gasteiger partial charge in [-0.25, -0.2) is 0 Å². The van der Waals surface area contributed by atoms with Crippen LogP contribution >= 0.6 is 11.3 Å². The first-order chi connectivity index (χ1) is 9.31. The van der Waals surface area contributed by atoms with Gasteiger partial charge in [-0.3, -0.25) is 9.69 Å². The second kappa shape index (κ2) is 4.60. The van der Waals surface area contributed by atoms with Crippen LogP contribution in [-0.2, 0) is 11.3 Å². The minimum Gasteiger partial charge on any atom is -0.338 e. The number of hydrogen-bond acceptors (Lipinski definition) is 3. The summed E-state index contributed by atoms with van der Waals surface area (Å²) in [6.07, 6.45) is 4.59. The summed E-state index contributed by atoms with van der Waals surface area (Å²) in [5.74, 6) is 1.21. The van der Waals surface area contributed by atoms with E-state index in [0.717, 1.165) is 32.0 Å². The van der Waals surface area contributed by atoms with Crippen LogP contribution in [0.5, 0.6) is 0 Å². The number of thiophene rings is 1. The van der Waals surface area contributed by atoms with Gasteiger partial charge in [0.05, 0.1) is 0 Å². The highest BCUT2D eigenvalue weighted by Gasteiger charge is 2.47. The highest BCUT2D eigenvalue weighted by molar-refractivity contribution is 7.07. The standard InChI is InChI=1S/C15H20N2OS/c18-15-7-14-13(17(15)9-11-1-2-11)3-5-16(14)8-12-4-6-19-10-12/h4,6,10-11,13-14H,1-3,5,7-9H2/t13-,14-/m0/s1. The van der Waals surface area contributed by atoms with Gasteiger partial charge < -0.3 is 4.90 Å². The predicted molar refractivity (Wildman–Crippen MR) is 76.0 cm³/mol. The molecule has 1 aliphatic carbocycles. The maximum Gasteiger partial charge on any atom is 0.224 e. The van der Waals surface area contributed by atoms with Gasteiger partial charge in [-0.15, -0.1) is 0 Å².